The summed E-state index contributed by atoms with van der Waals surface area (Å²) in [4.78, 5) is 13.8. The van der Waals surface area contributed by atoms with Crippen molar-refractivity contribution < 1.29 is 18.0 Å². The van der Waals surface area contributed by atoms with E-state index in [1.807, 2.05) is 0 Å². The lowest BCUT2D eigenvalue weighted by atomic mass is 9.99. The maximum Gasteiger partial charge on any atom is 0.416 e. The second-order valence-electron chi connectivity index (χ2n) is 6.10. The maximum atomic E-state index is 13.0. The van der Waals surface area contributed by atoms with Gasteiger partial charge in [-0.3, -0.25) is 0 Å². The minimum absolute atomic E-state index is 0.0230. The fourth-order valence-corrected chi connectivity index (χ4v) is 2.87. The lowest BCUT2D eigenvalue weighted by Crippen LogP contribution is -2.47. The van der Waals surface area contributed by atoms with Gasteiger partial charge in [-0.1, -0.05) is 18.2 Å². The number of carbonyl (C=O) groups excluding carboxylic acids is 1. The van der Waals surface area contributed by atoms with Gasteiger partial charge >= 0.3 is 12.2 Å². The molecule has 7 heteroatoms. The first-order chi connectivity index (χ1) is 11.3. The van der Waals surface area contributed by atoms with E-state index in [1.54, 1.807) is 17.9 Å². The van der Waals surface area contributed by atoms with Crippen LogP contribution in [0.15, 0.2) is 24.3 Å². The number of carbonyl (C=O) groups is 1. The molecule has 0 bridgehead atoms. The Balaban J connectivity index is 1.93. The van der Waals surface area contributed by atoms with Gasteiger partial charge in [0, 0.05) is 25.0 Å². The summed E-state index contributed by atoms with van der Waals surface area (Å²) in [6, 6.07) is 6.89. The number of nitrogens with one attached hydrogen (secondary N) is 1. The molecular formula is C17H20F3N3O. The first-order valence-electron chi connectivity index (χ1n) is 7.91. The molecule has 1 aromatic rings. The maximum absolute atomic E-state index is 13.0. The van der Waals surface area contributed by atoms with E-state index in [0.717, 1.165) is 6.07 Å². The van der Waals surface area contributed by atoms with Crippen LogP contribution in [0.5, 0.6) is 0 Å². The minimum atomic E-state index is -4.40. The van der Waals surface area contributed by atoms with Gasteiger partial charge in [-0.2, -0.15) is 18.4 Å². The van der Waals surface area contributed by atoms with Crippen molar-refractivity contribution in [2.75, 3.05) is 13.1 Å². The van der Waals surface area contributed by atoms with Crippen LogP contribution in [-0.2, 0) is 12.6 Å². The Morgan fingerprint density at radius 1 is 1.38 bits per heavy atom. The van der Waals surface area contributed by atoms with Crippen molar-refractivity contribution in [3.8, 4) is 6.07 Å². The van der Waals surface area contributed by atoms with Crippen LogP contribution in [0.1, 0.15) is 30.9 Å². The number of nitrogens with zero attached hydrogens (tertiary/aromatic N) is 2. The first kappa shape index (κ1) is 18.1. The second-order valence-corrected chi connectivity index (χ2v) is 6.10. The van der Waals surface area contributed by atoms with Crippen molar-refractivity contribution in [3.05, 3.63) is 35.4 Å². The Hall–Kier alpha value is -2.23. The molecular weight excluding hydrogens is 319 g/mol. The summed E-state index contributed by atoms with van der Waals surface area (Å²) in [5.41, 5.74) is -0.498. The number of hydrogen-bond acceptors (Lipinski definition) is 2. The molecule has 130 valence electrons. The van der Waals surface area contributed by atoms with Crippen LogP contribution < -0.4 is 5.32 Å². The number of likely N-dealkylation sites (tertiary alicyclic amines) is 1. The number of rotatable bonds is 3. The smallest absolute Gasteiger partial charge is 0.335 e. The number of benzene rings is 1. The Morgan fingerprint density at radius 3 is 2.58 bits per heavy atom. The van der Waals surface area contributed by atoms with Crippen LogP contribution in [0.3, 0.4) is 0 Å². The number of halogens is 3. The van der Waals surface area contributed by atoms with E-state index in [1.165, 1.54) is 12.1 Å². The Bertz CT molecular complexity index is 616. The largest absolute Gasteiger partial charge is 0.416 e. The summed E-state index contributed by atoms with van der Waals surface area (Å²) in [6.45, 7) is 2.68. The van der Waals surface area contributed by atoms with E-state index in [4.69, 9.17) is 5.26 Å². The van der Waals surface area contributed by atoms with E-state index < -0.39 is 17.8 Å². The molecule has 1 fully saturated rings. The van der Waals surface area contributed by atoms with Gasteiger partial charge in [0.25, 0.3) is 0 Å². The topological polar surface area (TPSA) is 56.1 Å². The Labute approximate surface area is 139 Å². The summed E-state index contributed by atoms with van der Waals surface area (Å²) in [6.07, 6.45) is -3.03. The summed E-state index contributed by atoms with van der Waals surface area (Å²) in [7, 11) is 0. The molecule has 0 aromatic heterocycles. The van der Waals surface area contributed by atoms with Gasteiger partial charge in [-0.05, 0) is 37.8 Å². The highest BCUT2D eigenvalue weighted by Crippen LogP contribution is 2.32. The quantitative estimate of drug-likeness (QED) is 0.915. The molecule has 1 heterocycles. The van der Waals surface area contributed by atoms with Crippen molar-refractivity contribution in [2.45, 2.75) is 38.4 Å². The van der Waals surface area contributed by atoms with E-state index >= 15 is 0 Å². The van der Waals surface area contributed by atoms with Crippen LogP contribution in [0.4, 0.5) is 18.0 Å². The summed E-state index contributed by atoms with van der Waals surface area (Å²) >= 11 is 0. The number of alkyl halides is 3. The molecule has 0 radical (unpaired) electrons. The number of piperidine rings is 1. The molecule has 0 spiro atoms. The molecule has 2 rings (SSSR count). The third-order valence-electron chi connectivity index (χ3n) is 4.18. The van der Waals surface area contributed by atoms with Gasteiger partial charge < -0.3 is 10.2 Å². The summed E-state index contributed by atoms with van der Waals surface area (Å²) in [5, 5.41) is 11.6. The lowest BCUT2D eigenvalue weighted by molar-refractivity contribution is -0.138. The van der Waals surface area contributed by atoms with E-state index in [2.05, 4.69) is 11.4 Å². The Kier molecular flexibility index (Phi) is 5.71. The van der Waals surface area contributed by atoms with Gasteiger partial charge in [0.05, 0.1) is 11.6 Å². The van der Waals surface area contributed by atoms with Crippen molar-refractivity contribution in [1.29, 1.82) is 5.26 Å². The lowest BCUT2D eigenvalue weighted by Gasteiger charge is -2.30. The molecule has 1 aromatic carbocycles. The zero-order valence-electron chi connectivity index (χ0n) is 13.4. The van der Waals surface area contributed by atoms with Crippen molar-refractivity contribution >= 4 is 6.03 Å². The van der Waals surface area contributed by atoms with E-state index in [9.17, 15) is 18.0 Å². The van der Waals surface area contributed by atoms with Crippen molar-refractivity contribution in [1.82, 2.24) is 10.2 Å². The highest BCUT2D eigenvalue weighted by molar-refractivity contribution is 5.74. The fourth-order valence-electron chi connectivity index (χ4n) is 2.87. The zero-order valence-corrected chi connectivity index (χ0v) is 13.4. The molecule has 1 saturated heterocycles. The van der Waals surface area contributed by atoms with E-state index in [0.29, 0.717) is 25.9 Å². The number of amides is 2. The molecule has 1 atom stereocenters. The molecule has 1 aliphatic heterocycles. The van der Waals surface area contributed by atoms with Gasteiger partial charge in [-0.25, -0.2) is 4.79 Å². The normalized spacial score (nSPS) is 17.2. The zero-order chi connectivity index (χ0) is 17.7. The average molecular weight is 339 g/mol. The highest BCUT2D eigenvalue weighted by atomic mass is 19.4. The minimum Gasteiger partial charge on any atom is -0.335 e. The van der Waals surface area contributed by atoms with Crippen LogP contribution in [-0.4, -0.2) is 30.1 Å². The molecule has 24 heavy (non-hydrogen) atoms. The predicted molar refractivity (Wildman–Crippen MR) is 83.1 cm³/mol. The molecule has 1 unspecified atom stereocenters. The van der Waals surface area contributed by atoms with Crippen molar-refractivity contribution in [2.24, 2.45) is 5.92 Å². The van der Waals surface area contributed by atoms with Crippen LogP contribution in [0.25, 0.3) is 0 Å². The molecule has 1 N–H and O–H groups in total. The number of hydrogen-bond donors (Lipinski definition) is 1. The fraction of sp³-hybridized carbons (Fsp3) is 0.529. The van der Waals surface area contributed by atoms with Crippen LogP contribution in [0, 0.1) is 17.2 Å². The Morgan fingerprint density at radius 2 is 2.00 bits per heavy atom. The third kappa shape index (κ3) is 4.63. The molecule has 0 saturated carbocycles. The molecule has 4 nitrogen and oxygen atoms in total. The van der Waals surface area contributed by atoms with Gasteiger partial charge in [0.2, 0.25) is 0 Å². The van der Waals surface area contributed by atoms with Crippen LogP contribution >= 0.6 is 0 Å². The molecule has 0 aliphatic carbocycles. The monoisotopic (exact) mass is 339 g/mol. The summed E-state index contributed by atoms with van der Waals surface area (Å²) in [5.74, 6) is -0.0230. The SMILES string of the molecule is CC(Cc1ccccc1C(F)(F)F)NC(=O)N1CCC(C#N)CC1. The van der Waals surface area contributed by atoms with Crippen molar-refractivity contribution in [3.63, 3.8) is 0 Å². The standard InChI is InChI=1S/C17H20F3N3O/c1-12(10-14-4-2-3-5-15(14)17(18,19)20)22-16(24)23-8-6-13(11-21)7-9-23/h2-5,12-13H,6-10H2,1H3,(H,22,24). The van der Waals surface area contributed by atoms with Gasteiger partial charge in [-0.15, -0.1) is 0 Å². The highest BCUT2D eigenvalue weighted by Gasteiger charge is 2.33. The first-order valence-corrected chi connectivity index (χ1v) is 7.91. The summed E-state index contributed by atoms with van der Waals surface area (Å²) < 4.78 is 39.0. The second kappa shape index (κ2) is 7.56. The van der Waals surface area contributed by atoms with E-state index in [-0.39, 0.29) is 23.9 Å². The third-order valence-corrected chi connectivity index (χ3v) is 4.18. The molecule has 2 amide bonds. The predicted octanol–water partition coefficient (Wildman–Crippen LogP) is 3.58. The van der Waals surface area contributed by atoms with Crippen LogP contribution in [0.2, 0.25) is 0 Å². The van der Waals surface area contributed by atoms with Gasteiger partial charge in [0.15, 0.2) is 0 Å². The van der Waals surface area contributed by atoms with Gasteiger partial charge in [0.1, 0.15) is 0 Å². The number of nitriles is 1. The number of urea groups is 1. The molecule has 1 aliphatic rings. The average Bonchev–Trinajstić information content (AvgIpc) is 2.54.